The van der Waals surface area contributed by atoms with Crippen molar-refractivity contribution in [3.8, 4) is 0 Å². The van der Waals surface area contributed by atoms with E-state index >= 15 is 0 Å². The van der Waals surface area contributed by atoms with E-state index in [-0.39, 0.29) is 24.3 Å². The van der Waals surface area contributed by atoms with Gasteiger partial charge in [0.25, 0.3) is 0 Å². The van der Waals surface area contributed by atoms with Crippen LogP contribution < -0.4 is 5.32 Å². The molecule has 0 radical (unpaired) electrons. The lowest BCUT2D eigenvalue weighted by molar-refractivity contribution is -0.139. The summed E-state index contributed by atoms with van der Waals surface area (Å²) in [5.74, 6) is 0.768. The molecule has 3 aliphatic rings. The van der Waals surface area contributed by atoms with Gasteiger partial charge in [0.1, 0.15) is 0 Å². The Bertz CT molecular complexity index is 652. The standard InChI is InChI=1S/C19H29N5O2/c25-18(24-8-6-16-15(13-24)11-21-22-16)10-17-19(26)20-7-9-23(17)12-14-4-2-1-3-5-14/h11,14,17H,1-10,12-13H2,(H,20,26)(H,21,22)/t17-/m1/s1. The number of rotatable bonds is 4. The van der Waals surface area contributed by atoms with Crippen molar-refractivity contribution >= 4 is 11.8 Å². The average molecular weight is 359 g/mol. The van der Waals surface area contributed by atoms with Gasteiger partial charge in [0.2, 0.25) is 11.8 Å². The number of carbonyl (C=O) groups excluding carboxylic acids is 2. The quantitative estimate of drug-likeness (QED) is 0.842. The lowest BCUT2D eigenvalue weighted by Crippen LogP contribution is -2.57. The smallest absolute Gasteiger partial charge is 0.237 e. The Kier molecular flexibility index (Phi) is 5.24. The number of amides is 2. The first kappa shape index (κ1) is 17.5. The van der Waals surface area contributed by atoms with E-state index in [9.17, 15) is 9.59 Å². The molecule has 1 aromatic heterocycles. The second-order valence-corrected chi connectivity index (χ2v) is 7.95. The van der Waals surface area contributed by atoms with E-state index in [0.29, 0.717) is 25.6 Å². The Morgan fingerprint density at radius 3 is 2.92 bits per heavy atom. The lowest BCUT2D eigenvalue weighted by atomic mass is 9.88. The van der Waals surface area contributed by atoms with Crippen LogP contribution in [0, 0.1) is 5.92 Å². The molecule has 0 spiro atoms. The van der Waals surface area contributed by atoms with Gasteiger partial charge in [-0.25, -0.2) is 0 Å². The molecule has 7 heteroatoms. The van der Waals surface area contributed by atoms with E-state index in [1.165, 1.54) is 32.1 Å². The van der Waals surface area contributed by atoms with Crippen molar-refractivity contribution < 1.29 is 9.59 Å². The van der Waals surface area contributed by atoms with Crippen LogP contribution in [0.15, 0.2) is 6.20 Å². The number of H-pyrrole nitrogens is 1. The average Bonchev–Trinajstić information content (AvgIpc) is 3.13. The topological polar surface area (TPSA) is 81.3 Å². The highest BCUT2D eigenvalue weighted by molar-refractivity contribution is 5.89. The summed E-state index contributed by atoms with van der Waals surface area (Å²) in [7, 11) is 0. The molecule has 2 fully saturated rings. The first-order valence-corrected chi connectivity index (χ1v) is 10.0. The normalized spacial score (nSPS) is 25.0. The van der Waals surface area contributed by atoms with Crippen LogP contribution in [0.1, 0.15) is 49.8 Å². The van der Waals surface area contributed by atoms with Crippen molar-refractivity contribution in [1.82, 2.24) is 25.3 Å². The van der Waals surface area contributed by atoms with Gasteiger partial charge in [0.15, 0.2) is 0 Å². The highest BCUT2D eigenvalue weighted by Gasteiger charge is 2.35. The summed E-state index contributed by atoms with van der Waals surface area (Å²) in [5.41, 5.74) is 2.22. The number of carbonyl (C=O) groups is 2. The van der Waals surface area contributed by atoms with E-state index in [0.717, 1.165) is 30.8 Å². The fraction of sp³-hybridized carbons (Fsp3) is 0.737. The predicted molar refractivity (Wildman–Crippen MR) is 97.3 cm³/mol. The number of fused-ring (bicyclic) bond motifs is 1. The molecule has 1 saturated carbocycles. The van der Waals surface area contributed by atoms with E-state index in [4.69, 9.17) is 0 Å². The largest absolute Gasteiger partial charge is 0.353 e. The van der Waals surface area contributed by atoms with Gasteiger partial charge in [-0.2, -0.15) is 5.10 Å². The third kappa shape index (κ3) is 3.77. The maximum absolute atomic E-state index is 12.9. The molecule has 142 valence electrons. The molecule has 1 atom stereocenters. The van der Waals surface area contributed by atoms with Crippen molar-refractivity contribution in [1.29, 1.82) is 0 Å². The summed E-state index contributed by atoms with van der Waals surface area (Å²) >= 11 is 0. The van der Waals surface area contributed by atoms with Crippen LogP contribution in [0.2, 0.25) is 0 Å². The van der Waals surface area contributed by atoms with Gasteiger partial charge in [-0.05, 0) is 18.8 Å². The van der Waals surface area contributed by atoms with Gasteiger partial charge >= 0.3 is 0 Å². The Labute approximate surface area is 154 Å². The SMILES string of the molecule is O=C1NCCN(CC2CCCCC2)[C@@H]1CC(=O)N1CCc2[nH]ncc2C1. The summed E-state index contributed by atoms with van der Waals surface area (Å²) in [6, 6.07) is -0.316. The van der Waals surface area contributed by atoms with Crippen molar-refractivity contribution in [2.75, 3.05) is 26.2 Å². The first-order chi connectivity index (χ1) is 12.7. The molecule has 1 aliphatic carbocycles. The molecular weight excluding hydrogens is 330 g/mol. The zero-order valence-corrected chi connectivity index (χ0v) is 15.4. The second kappa shape index (κ2) is 7.78. The molecule has 2 N–H and O–H groups in total. The second-order valence-electron chi connectivity index (χ2n) is 7.95. The van der Waals surface area contributed by atoms with Crippen LogP contribution in [0.25, 0.3) is 0 Å². The molecule has 3 heterocycles. The number of hydrogen-bond donors (Lipinski definition) is 2. The van der Waals surface area contributed by atoms with E-state index in [1.807, 2.05) is 4.90 Å². The van der Waals surface area contributed by atoms with Crippen molar-refractivity contribution in [3.05, 3.63) is 17.5 Å². The fourth-order valence-corrected chi connectivity index (χ4v) is 4.63. The molecule has 0 aromatic carbocycles. The van der Waals surface area contributed by atoms with Crippen molar-refractivity contribution in [3.63, 3.8) is 0 Å². The molecule has 4 rings (SSSR count). The molecule has 26 heavy (non-hydrogen) atoms. The summed E-state index contributed by atoms with van der Waals surface area (Å²) in [6.07, 6.45) is 9.35. The highest BCUT2D eigenvalue weighted by Crippen LogP contribution is 2.26. The zero-order chi connectivity index (χ0) is 17.9. The molecule has 2 aliphatic heterocycles. The van der Waals surface area contributed by atoms with Crippen LogP contribution in [0.4, 0.5) is 0 Å². The molecule has 1 saturated heterocycles. The molecule has 2 amide bonds. The predicted octanol–water partition coefficient (Wildman–Crippen LogP) is 1.07. The molecule has 0 unspecified atom stereocenters. The molecule has 0 bridgehead atoms. The van der Waals surface area contributed by atoms with Crippen molar-refractivity contribution in [2.24, 2.45) is 5.92 Å². The third-order valence-electron chi connectivity index (χ3n) is 6.18. The van der Waals surface area contributed by atoms with Crippen LogP contribution >= 0.6 is 0 Å². The van der Waals surface area contributed by atoms with E-state index in [1.54, 1.807) is 6.20 Å². The number of aromatic amines is 1. The Morgan fingerprint density at radius 2 is 2.08 bits per heavy atom. The summed E-state index contributed by atoms with van der Waals surface area (Å²) in [4.78, 5) is 29.5. The maximum Gasteiger partial charge on any atom is 0.237 e. The minimum absolute atomic E-state index is 0.0152. The first-order valence-electron chi connectivity index (χ1n) is 10.0. The Balaban J connectivity index is 1.38. The molecular formula is C19H29N5O2. The molecule has 7 nitrogen and oxygen atoms in total. The van der Waals surface area contributed by atoms with E-state index < -0.39 is 0 Å². The number of nitrogens with one attached hydrogen (secondary N) is 2. The number of nitrogens with zero attached hydrogens (tertiary/aromatic N) is 3. The Morgan fingerprint density at radius 1 is 1.23 bits per heavy atom. The van der Waals surface area contributed by atoms with Gasteiger partial charge in [0.05, 0.1) is 18.7 Å². The minimum Gasteiger partial charge on any atom is -0.353 e. The highest BCUT2D eigenvalue weighted by atomic mass is 16.2. The lowest BCUT2D eigenvalue weighted by Gasteiger charge is -2.38. The number of hydrogen-bond acceptors (Lipinski definition) is 4. The minimum atomic E-state index is -0.316. The summed E-state index contributed by atoms with van der Waals surface area (Å²) in [6.45, 7) is 3.80. The van der Waals surface area contributed by atoms with Gasteiger partial charge in [0, 0.05) is 50.4 Å². The monoisotopic (exact) mass is 359 g/mol. The van der Waals surface area contributed by atoms with Crippen LogP contribution in [0.5, 0.6) is 0 Å². The van der Waals surface area contributed by atoms with Crippen molar-refractivity contribution in [2.45, 2.75) is 57.5 Å². The van der Waals surface area contributed by atoms with Crippen LogP contribution in [-0.2, 0) is 22.6 Å². The van der Waals surface area contributed by atoms with E-state index in [2.05, 4.69) is 20.4 Å². The molecule has 1 aromatic rings. The van der Waals surface area contributed by atoms with Gasteiger partial charge < -0.3 is 10.2 Å². The summed E-state index contributed by atoms with van der Waals surface area (Å²) < 4.78 is 0. The van der Waals surface area contributed by atoms with Gasteiger partial charge in [-0.15, -0.1) is 0 Å². The maximum atomic E-state index is 12.9. The number of aromatic nitrogens is 2. The summed E-state index contributed by atoms with van der Waals surface area (Å²) in [5, 5.41) is 10.0. The van der Waals surface area contributed by atoms with Crippen LogP contribution in [-0.4, -0.2) is 64.0 Å². The van der Waals surface area contributed by atoms with Gasteiger partial charge in [-0.3, -0.25) is 19.6 Å². The van der Waals surface area contributed by atoms with Crippen LogP contribution in [0.3, 0.4) is 0 Å². The fourth-order valence-electron chi connectivity index (χ4n) is 4.63. The zero-order valence-electron chi connectivity index (χ0n) is 15.4. The Hall–Kier alpha value is -1.89. The third-order valence-corrected chi connectivity index (χ3v) is 6.18. The number of piperazine rings is 1. The van der Waals surface area contributed by atoms with Gasteiger partial charge in [-0.1, -0.05) is 19.3 Å².